The maximum atomic E-state index is 9.50. The quantitative estimate of drug-likeness (QED) is 0.769. The minimum absolute atomic E-state index is 0.198. The molecule has 0 aliphatic rings. The van der Waals surface area contributed by atoms with Crippen molar-refractivity contribution in [1.29, 1.82) is 0 Å². The lowest BCUT2D eigenvalue weighted by Gasteiger charge is -2.10. The molecular formula is C17H15N3O2. The summed E-state index contributed by atoms with van der Waals surface area (Å²) in [6.45, 7) is 0. The molecule has 2 N–H and O–H groups in total. The van der Waals surface area contributed by atoms with Crippen LogP contribution in [0, 0.1) is 0 Å². The highest BCUT2D eigenvalue weighted by Gasteiger charge is 2.07. The van der Waals surface area contributed by atoms with Crippen LogP contribution in [0.2, 0.25) is 0 Å². The maximum absolute atomic E-state index is 9.50. The monoisotopic (exact) mass is 293 g/mol. The number of rotatable bonds is 4. The topological polar surface area (TPSA) is 67.3 Å². The van der Waals surface area contributed by atoms with E-state index in [1.54, 1.807) is 25.3 Å². The zero-order chi connectivity index (χ0) is 15.4. The average Bonchev–Trinajstić information content (AvgIpc) is 2.55. The fraction of sp³-hybridized carbons (Fsp3) is 0.0588. The number of nitrogens with zero attached hydrogens (tertiary/aromatic N) is 2. The van der Waals surface area contributed by atoms with Gasteiger partial charge in [0.25, 0.3) is 0 Å². The van der Waals surface area contributed by atoms with Gasteiger partial charge in [-0.1, -0.05) is 18.2 Å². The van der Waals surface area contributed by atoms with Crippen LogP contribution in [0.4, 0.5) is 11.5 Å². The molecule has 1 heterocycles. The molecule has 0 unspecified atom stereocenters. The molecule has 0 radical (unpaired) electrons. The van der Waals surface area contributed by atoms with Crippen molar-refractivity contribution in [3.8, 4) is 22.8 Å². The van der Waals surface area contributed by atoms with E-state index in [2.05, 4.69) is 15.3 Å². The van der Waals surface area contributed by atoms with Gasteiger partial charge in [-0.15, -0.1) is 0 Å². The second-order valence-corrected chi connectivity index (χ2v) is 4.66. The number of nitrogens with one attached hydrogen (secondary N) is 1. The third-order valence-electron chi connectivity index (χ3n) is 3.17. The van der Waals surface area contributed by atoms with E-state index in [0.717, 1.165) is 22.7 Å². The normalized spacial score (nSPS) is 10.2. The first kappa shape index (κ1) is 13.9. The summed E-state index contributed by atoms with van der Waals surface area (Å²) in [6, 6.07) is 16.4. The Bertz CT molecular complexity index is 790. The number of para-hydroxylation sites is 1. The van der Waals surface area contributed by atoms with Crippen LogP contribution in [0.25, 0.3) is 11.3 Å². The van der Waals surface area contributed by atoms with Gasteiger partial charge in [0.15, 0.2) is 0 Å². The predicted octanol–water partition coefficient (Wildman–Crippen LogP) is 3.60. The molecule has 0 atom stereocenters. The van der Waals surface area contributed by atoms with Gasteiger partial charge in [0.2, 0.25) is 0 Å². The highest BCUT2D eigenvalue weighted by Crippen LogP contribution is 2.29. The van der Waals surface area contributed by atoms with E-state index in [9.17, 15) is 5.11 Å². The van der Waals surface area contributed by atoms with Crippen molar-refractivity contribution in [3.05, 3.63) is 60.9 Å². The van der Waals surface area contributed by atoms with Crippen LogP contribution in [0.15, 0.2) is 60.9 Å². The van der Waals surface area contributed by atoms with Gasteiger partial charge in [-0.25, -0.2) is 9.97 Å². The van der Waals surface area contributed by atoms with Crippen molar-refractivity contribution in [2.45, 2.75) is 0 Å². The van der Waals surface area contributed by atoms with Gasteiger partial charge in [0.05, 0.1) is 12.8 Å². The lowest BCUT2D eigenvalue weighted by molar-refractivity contribution is 0.416. The number of ether oxygens (including phenoxy) is 1. The second kappa shape index (κ2) is 6.13. The molecule has 0 aliphatic carbocycles. The Morgan fingerprint density at radius 2 is 1.86 bits per heavy atom. The van der Waals surface area contributed by atoms with Crippen LogP contribution < -0.4 is 10.1 Å². The highest BCUT2D eigenvalue weighted by atomic mass is 16.5. The Labute approximate surface area is 128 Å². The summed E-state index contributed by atoms with van der Waals surface area (Å²) in [5.74, 6) is 1.59. The Kier molecular flexibility index (Phi) is 3.87. The van der Waals surface area contributed by atoms with E-state index in [-0.39, 0.29) is 5.75 Å². The third-order valence-corrected chi connectivity index (χ3v) is 3.17. The van der Waals surface area contributed by atoms with Gasteiger partial charge in [0, 0.05) is 23.4 Å². The van der Waals surface area contributed by atoms with Crippen LogP contribution in [-0.4, -0.2) is 22.2 Å². The summed E-state index contributed by atoms with van der Waals surface area (Å²) in [7, 11) is 1.63. The molecule has 22 heavy (non-hydrogen) atoms. The molecule has 2 aromatic carbocycles. The van der Waals surface area contributed by atoms with Gasteiger partial charge < -0.3 is 15.2 Å². The van der Waals surface area contributed by atoms with Crippen molar-refractivity contribution in [2.75, 3.05) is 12.4 Å². The SMILES string of the molecule is COc1ccccc1-c1cc(Nc2cccc(O)c2)ncn1. The lowest BCUT2D eigenvalue weighted by atomic mass is 10.1. The lowest BCUT2D eigenvalue weighted by Crippen LogP contribution is -1.96. The molecular weight excluding hydrogens is 278 g/mol. The molecule has 0 aliphatic heterocycles. The minimum Gasteiger partial charge on any atom is -0.508 e. The summed E-state index contributed by atoms with van der Waals surface area (Å²) in [5, 5.41) is 12.6. The largest absolute Gasteiger partial charge is 0.508 e. The maximum Gasteiger partial charge on any atom is 0.134 e. The minimum atomic E-state index is 0.198. The first-order valence-electron chi connectivity index (χ1n) is 6.78. The number of benzene rings is 2. The number of phenolic OH excluding ortho intramolecular Hbond substituents is 1. The van der Waals surface area contributed by atoms with Gasteiger partial charge in [0.1, 0.15) is 23.6 Å². The van der Waals surface area contributed by atoms with Crippen LogP contribution in [0.1, 0.15) is 0 Å². The van der Waals surface area contributed by atoms with Crippen LogP contribution in [0.5, 0.6) is 11.5 Å². The standard InChI is InChI=1S/C17H15N3O2/c1-22-16-8-3-2-7-14(16)15-10-17(19-11-18-15)20-12-5-4-6-13(21)9-12/h2-11,21H,1H3,(H,18,19,20). The van der Waals surface area contributed by atoms with Crippen molar-refractivity contribution in [3.63, 3.8) is 0 Å². The molecule has 0 saturated heterocycles. The van der Waals surface area contributed by atoms with Crippen LogP contribution in [0.3, 0.4) is 0 Å². The fourth-order valence-corrected chi connectivity index (χ4v) is 2.16. The van der Waals surface area contributed by atoms with Gasteiger partial charge >= 0.3 is 0 Å². The molecule has 3 rings (SSSR count). The predicted molar refractivity (Wildman–Crippen MR) is 85.4 cm³/mol. The van der Waals surface area contributed by atoms with Crippen molar-refractivity contribution >= 4 is 11.5 Å². The van der Waals surface area contributed by atoms with Crippen molar-refractivity contribution in [2.24, 2.45) is 0 Å². The molecule has 0 spiro atoms. The van der Waals surface area contributed by atoms with E-state index in [0.29, 0.717) is 5.82 Å². The zero-order valence-corrected chi connectivity index (χ0v) is 12.0. The van der Waals surface area contributed by atoms with Crippen LogP contribution >= 0.6 is 0 Å². The summed E-state index contributed by atoms with van der Waals surface area (Å²) in [6.07, 6.45) is 1.49. The van der Waals surface area contributed by atoms with E-state index >= 15 is 0 Å². The molecule has 5 nitrogen and oxygen atoms in total. The van der Waals surface area contributed by atoms with Gasteiger partial charge in [-0.3, -0.25) is 0 Å². The molecule has 1 aromatic heterocycles. The molecule has 0 amide bonds. The smallest absolute Gasteiger partial charge is 0.134 e. The van der Waals surface area contributed by atoms with E-state index in [4.69, 9.17) is 4.74 Å². The first-order chi connectivity index (χ1) is 10.8. The van der Waals surface area contributed by atoms with E-state index < -0.39 is 0 Å². The Morgan fingerprint density at radius 1 is 1.00 bits per heavy atom. The van der Waals surface area contributed by atoms with Gasteiger partial charge in [-0.2, -0.15) is 0 Å². The first-order valence-corrected chi connectivity index (χ1v) is 6.78. The number of aromatic hydroxyl groups is 1. The summed E-state index contributed by atoms with van der Waals surface area (Å²) >= 11 is 0. The van der Waals surface area contributed by atoms with E-state index in [1.165, 1.54) is 6.33 Å². The average molecular weight is 293 g/mol. The number of phenols is 1. The van der Waals surface area contributed by atoms with Crippen molar-refractivity contribution in [1.82, 2.24) is 9.97 Å². The van der Waals surface area contributed by atoms with Gasteiger partial charge in [-0.05, 0) is 24.3 Å². The molecule has 3 aromatic rings. The van der Waals surface area contributed by atoms with Crippen molar-refractivity contribution < 1.29 is 9.84 Å². The zero-order valence-electron chi connectivity index (χ0n) is 12.0. The second-order valence-electron chi connectivity index (χ2n) is 4.66. The summed E-state index contributed by atoms with van der Waals surface area (Å²) in [5.41, 5.74) is 2.41. The summed E-state index contributed by atoms with van der Waals surface area (Å²) in [4.78, 5) is 8.50. The number of aromatic nitrogens is 2. The number of hydrogen-bond donors (Lipinski definition) is 2. The summed E-state index contributed by atoms with van der Waals surface area (Å²) < 4.78 is 5.36. The molecule has 0 fully saturated rings. The third kappa shape index (κ3) is 2.98. The van der Waals surface area contributed by atoms with E-state index in [1.807, 2.05) is 36.4 Å². The molecule has 0 saturated carbocycles. The Balaban J connectivity index is 1.93. The Morgan fingerprint density at radius 3 is 2.68 bits per heavy atom. The molecule has 0 bridgehead atoms. The van der Waals surface area contributed by atoms with Crippen LogP contribution in [-0.2, 0) is 0 Å². The molecule has 5 heteroatoms. The Hall–Kier alpha value is -3.08. The fourth-order valence-electron chi connectivity index (χ4n) is 2.16. The number of anilines is 2. The highest BCUT2D eigenvalue weighted by molar-refractivity contribution is 5.70. The number of hydrogen-bond acceptors (Lipinski definition) is 5. The number of methoxy groups -OCH3 is 1. The molecule has 110 valence electrons.